The average Bonchev–Trinajstić information content (AvgIpc) is 2.17. The molecule has 0 unspecified atom stereocenters. The summed E-state index contributed by atoms with van der Waals surface area (Å²) < 4.78 is 0. The van der Waals surface area contributed by atoms with Gasteiger partial charge in [0.05, 0.1) is 5.71 Å². The number of hydrogen-bond donors (Lipinski definition) is 0. The smallest absolute Gasteiger partial charge is 0.0633 e. The van der Waals surface area contributed by atoms with Gasteiger partial charge in [0, 0.05) is 7.05 Å². The van der Waals surface area contributed by atoms with Crippen LogP contribution in [0.25, 0.3) is 0 Å². The van der Waals surface area contributed by atoms with E-state index in [-0.39, 0.29) is 0 Å². The molecule has 0 N–H and O–H groups in total. The van der Waals surface area contributed by atoms with Crippen molar-refractivity contribution >= 4 is 5.71 Å². The molecule has 0 aliphatic carbocycles. The van der Waals surface area contributed by atoms with Crippen LogP contribution in [0.1, 0.15) is 26.7 Å². The lowest BCUT2D eigenvalue weighted by Crippen LogP contribution is -1.95. The van der Waals surface area contributed by atoms with Crippen LogP contribution in [-0.2, 0) is 0 Å². The molecule has 0 amide bonds. The van der Waals surface area contributed by atoms with Crippen molar-refractivity contribution in [2.75, 3.05) is 7.05 Å². The Morgan fingerprint density at radius 3 is 2.54 bits per heavy atom. The molecular weight excluding hydrogens is 158 g/mol. The number of nitrogens with zero attached hydrogens (tertiary/aromatic N) is 1. The van der Waals surface area contributed by atoms with E-state index in [0.717, 1.165) is 17.7 Å². The summed E-state index contributed by atoms with van der Waals surface area (Å²) >= 11 is 0. The first-order valence-corrected chi connectivity index (χ1v) is 4.72. The highest BCUT2D eigenvalue weighted by atomic mass is 14.7. The summed E-state index contributed by atoms with van der Waals surface area (Å²) in [5.74, 6) is 0. The largest absolute Gasteiger partial charge is 0.288 e. The van der Waals surface area contributed by atoms with Crippen molar-refractivity contribution in [1.29, 1.82) is 0 Å². The summed E-state index contributed by atoms with van der Waals surface area (Å²) in [5.41, 5.74) is 2.10. The monoisotopic (exact) mass is 177 g/mol. The van der Waals surface area contributed by atoms with Crippen molar-refractivity contribution in [2.45, 2.75) is 26.7 Å². The molecule has 0 rings (SSSR count). The molecular formula is C12H19N. The number of allylic oxidation sites excluding steroid dienone is 5. The molecule has 0 heterocycles. The van der Waals surface area contributed by atoms with Crippen LogP contribution < -0.4 is 0 Å². The molecule has 0 saturated heterocycles. The Morgan fingerprint density at radius 1 is 1.46 bits per heavy atom. The number of aliphatic imine (C=N–C) groups is 1. The molecule has 0 bridgehead atoms. The van der Waals surface area contributed by atoms with E-state index in [1.165, 1.54) is 6.42 Å². The van der Waals surface area contributed by atoms with E-state index in [1.54, 1.807) is 13.1 Å². The molecule has 0 fully saturated rings. The summed E-state index contributed by atoms with van der Waals surface area (Å²) in [4.78, 5) is 4.14. The third-order valence-corrected chi connectivity index (χ3v) is 1.79. The van der Waals surface area contributed by atoms with Gasteiger partial charge in [-0.15, -0.1) is 0 Å². The standard InChI is InChI=1S/C12H19N/c1-5-8-9-10-11(6-2)12(7-3)13-4/h6-7,9-10H,3,5,8H2,1-2,4H3/b10-9+,11-6-,13-12?. The lowest BCUT2D eigenvalue weighted by atomic mass is 10.1. The molecule has 0 saturated carbocycles. The normalized spacial score (nSPS) is 13.8. The molecule has 0 aromatic heterocycles. The van der Waals surface area contributed by atoms with Crippen LogP contribution in [0, 0.1) is 0 Å². The van der Waals surface area contributed by atoms with Crippen molar-refractivity contribution in [2.24, 2.45) is 4.99 Å². The third-order valence-electron chi connectivity index (χ3n) is 1.79. The molecule has 0 aliphatic rings. The minimum Gasteiger partial charge on any atom is -0.288 e. The van der Waals surface area contributed by atoms with Gasteiger partial charge >= 0.3 is 0 Å². The third kappa shape index (κ3) is 4.46. The quantitative estimate of drug-likeness (QED) is 0.450. The zero-order valence-corrected chi connectivity index (χ0v) is 8.88. The van der Waals surface area contributed by atoms with Gasteiger partial charge in [-0.25, -0.2) is 0 Å². The first kappa shape index (κ1) is 11.9. The highest BCUT2D eigenvalue weighted by Gasteiger charge is 1.95. The van der Waals surface area contributed by atoms with E-state index in [0.29, 0.717) is 0 Å². The van der Waals surface area contributed by atoms with Gasteiger partial charge in [-0.2, -0.15) is 0 Å². The minimum absolute atomic E-state index is 0.954. The van der Waals surface area contributed by atoms with Gasteiger partial charge < -0.3 is 0 Å². The van der Waals surface area contributed by atoms with Crippen molar-refractivity contribution < 1.29 is 0 Å². The van der Waals surface area contributed by atoms with Gasteiger partial charge in [-0.05, 0) is 25.0 Å². The predicted molar refractivity (Wildman–Crippen MR) is 61.4 cm³/mol. The van der Waals surface area contributed by atoms with Gasteiger partial charge in [0.1, 0.15) is 0 Å². The predicted octanol–water partition coefficient (Wildman–Crippen LogP) is 3.55. The van der Waals surface area contributed by atoms with E-state index in [1.807, 2.05) is 6.92 Å². The average molecular weight is 177 g/mol. The number of hydrogen-bond acceptors (Lipinski definition) is 1. The van der Waals surface area contributed by atoms with Gasteiger partial charge in [-0.3, -0.25) is 4.99 Å². The van der Waals surface area contributed by atoms with Crippen molar-refractivity contribution in [3.63, 3.8) is 0 Å². The summed E-state index contributed by atoms with van der Waals surface area (Å²) in [7, 11) is 1.79. The van der Waals surface area contributed by atoms with Crippen LogP contribution in [0.4, 0.5) is 0 Å². The molecule has 13 heavy (non-hydrogen) atoms. The maximum Gasteiger partial charge on any atom is 0.0633 e. The first-order chi connectivity index (χ1) is 6.29. The van der Waals surface area contributed by atoms with Crippen LogP contribution in [-0.4, -0.2) is 12.8 Å². The molecule has 0 spiro atoms. The Kier molecular flexibility index (Phi) is 6.89. The Morgan fingerprint density at radius 2 is 2.15 bits per heavy atom. The fourth-order valence-electron chi connectivity index (χ4n) is 1.04. The van der Waals surface area contributed by atoms with Crippen LogP contribution in [0.5, 0.6) is 0 Å². The topological polar surface area (TPSA) is 12.4 Å². The minimum atomic E-state index is 0.954. The summed E-state index contributed by atoms with van der Waals surface area (Å²) in [6.45, 7) is 7.91. The Balaban J connectivity index is 4.44. The first-order valence-electron chi connectivity index (χ1n) is 4.72. The summed E-state index contributed by atoms with van der Waals surface area (Å²) in [6, 6.07) is 0. The van der Waals surface area contributed by atoms with E-state index in [4.69, 9.17) is 0 Å². The lowest BCUT2D eigenvalue weighted by Gasteiger charge is -1.99. The second-order valence-electron chi connectivity index (χ2n) is 2.75. The zero-order valence-electron chi connectivity index (χ0n) is 8.88. The van der Waals surface area contributed by atoms with E-state index in [2.05, 4.69) is 36.7 Å². The van der Waals surface area contributed by atoms with Crippen molar-refractivity contribution in [3.8, 4) is 0 Å². The van der Waals surface area contributed by atoms with Gasteiger partial charge in [0.15, 0.2) is 0 Å². The van der Waals surface area contributed by atoms with Crippen LogP contribution in [0.2, 0.25) is 0 Å². The Labute approximate surface area is 81.6 Å². The molecule has 1 nitrogen and oxygen atoms in total. The summed E-state index contributed by atoms with van der Waals surface area (Å²) in [6.07, 6.45) is 10.4. The van der Waals surface area contributed by atoms with Gasteiger partial charge in [0.2, 0.25) is 0 Å². The summed E-state index contributed by atoms with van der Waals surface area (Å²) in [5, 5.41) is 0. The maximum atomic E-state index is 4.14. The van der Waals surface area contributed by atoms with Crippen molar-refractivity contribution in [1.82, 2.24) is 0 Å². The molecule has 0 aromatic carbocycles. The van der Waals surface area contributed by atoms with Crippen LogP contribution in [0.15, 0.2) is 41.4 Å². The Hall–Kier alpha value is -1.11. The Bertz CT molecular complexity index is 232. The second-order valence-corrected chi connectivity index (χ2v) is 2.75. The van der Waals surface area contributed by atoms with Crippen LogP contribution in [0.3, 0.4) is 0 Å². The molecule has 72 valence electrons. The maximum absolute atomic E-state index is 4.14. The van der Waals surface area contributed by atoms with E-state index in [9.17, 15) is 0 Å². The SMILES string of the molecule is C=CC(=NC)C(=C\C)/C=C/CCC. The molecule has 0 aliphatic heterocycles. The van der Waals surface area contributed by atoms with Crippen molar-refractivity contribution in [3.05, 3.63) is 36.5 Å². The second kappa shape index (κ2) is 7.53. The highest BCUT2D eigenvalue weighted by molar-refractivity contribution is 6.09. The number of unbranched alkanes of at least 4 members (excludes halogenated alkanes) is 1. The number of rotatable bonds is 5. The molecule has 0 radical (unpaired) electrons. The molecule has 0 atom stereocenters. The fourth-order valence-corrected chi connectivity index (χ4v) is 1.04. The van der Waals surface area contributed by atoms with E-state index >= 15 is 0 Å². The fraction of sp³-hybridized carbons (Fsp3) is 0.417. The molecule has 1 heteroatoms. The lowest BCUT2D eigenvalue weighted by molar-refractivity contribution is 0.958. The highest BCUT2D eigenvalue weighted by Crippen LogP contribution is 2.03. The van der Waals surface area contributed by atoms with Crippen LogP contribution >= 0.6 is 0 Å². The van der Waals surface area contributed by atoms with E-state index < -0.39 is 0 Å². The zero-order chi connectivity index (χ0) is 10.1. The van der Waals surface area contributed by atoms with Gasteiger partial charge in [0.25, 0.3) is 0 Å². The molecule has 0 aromatic rings. The van der Waals surface area contributed by atoms with Gasteiger partial charge in [-0.1, -0.05) is 38.2 Å².